The van der Waals surface area contributed by atoms with E-state index in [-0.39, 0.29) is 37.3 Å². The summed E-state index contributed by atoms with van der Waals surface area (Å²) < 4.78 is 43.9. The number of aliphatic hydroxyl groups excluding tert-OH is 2. The van der Waals surface area contributed by atoms with Gasteiger partial charge in [0.15, 0.2) is 12.6 Å². The summed E-state index contributed by atoms with van der Waals surface area (Å²) in [6.45, 7) is 24.3. The minimum absolute atomic E-state index is 0.110. The highest BCUT2D eigenvalue weighted by Gasteiger charge is 2.53. The van der Waals surface area contributed by atoms with Gasteiger partial charge in [-0.2, -0.15) is 0 Å². The van der Waals surface area contributed by atoms with E-state index >= 15 is 0 Å². The number of nitrogens with zero attached hydrogens (tertiary/aromatic N) is 2. The Kier molecular flexibility index (Phi) is 18.2. The lowest BCUT2D eigenvalue weighted by Crippen LogP contribution is -2.61. The molecule has 338 valence electrons. The van der Waals surface area contributed by atoms with Gasteiger partial charge in [-0.3, -0.25) is 9.69 Å². The van der Waals surface area contributed by atoms with Crippen molar-refractivity contribution < 1.29 is 63.2 Å². The number of carbonyl (C=O) groups is 2. The van der Waals surface area contributed by atoms with Gasteiger partial charge in [0.1, 0.15) is 30.0 Å². The van der Waals surface area contributed by atoms with Crippen LogP contribution in [0.15, 0.2) is 12.7 Å². The highest BCUT2D eigenvalue weighted by atomic mass is 16.7. The van der Waals surface area contributed by atoms with E-state index in [0.29, 0.717) is 19.5 Å². The number of cyclic esters (lactones) is 1. The second-order valence-electron chi connectivity index (χ2n) is 18.3. The highest BCUT2D eigenvalue weighted by Crippen LogP contribution is 2.40. The lowest BCUT2D eigenvalue weighted by molar-refractivity contribution is -0.318. The van der Waals surface area contributed by atoms with E-state index in [1.54, 1.807) is 34.6 Å². The summed E-state index contributed by atoms with van der Waals surface area (Å²) in [7, 11) is 5.27. The molecule has 3 rings (SSSR count). The van der Waals surface area contributed by atoms with Gasteiger partial charge in [0.25, 0.3) is 0 Å². The van der Waals surface area contributed by atoms with Gasteiger partial charge < -0.3 is 58.5 Å². The first-order valence-electron chi connectivity index (χ1n) is 21.3. The topological polar surface area (TPSA) is 186 Å². The van der Waals surface area contributed by atoms with E-state index in [9.17, 15) is 30.0 Å². The van der Waals surface area contributed by atoms with Gasteiger partial charge in [-0.25, -0.2) is 4.79 Å². The number of esters is 2. The lowest BCUT2D eigenvalue weighted by Gasteiger charge is -2.48. The summed E-state index contributed by atoms with van der Waals surface area (Å²) in [5.74, 6) is -3.48. The third-order valence-corrected chi connectivity index (χ3v) is 12.9. The van der Waals surface area contributed by atoms with Crippen molar-refractivity contribution in [1.29, 1.82) is 0 Å². The molecule has 0 amide bonds. The number of hydrogen-bond donors (Lipinski definition) is 4. The van der Waals surface area contributed by atoms with Crippen LogP contribution in [0, 0.1) is 17.8 Å². The zero-order valence-corrected chi connectivity index (χ0v) is 37.8. The molecule has 0 radical (unpaired) electrons. The SMILES string of the molecule is C=CC(=O)O[C@@H]1[C@@H](C)N(CCC)C[C@H](C)C[C@](C)(O)[C@H](O[C@@H]2O[C@H](C)C[C@H](N(C)C)[C@H]2O)[C@@H](C)[C@H](O[C@H]2C[C@@](C)(OC)[C@@H](O)[C@H](C)O2)[C@@H](C)C(=O)O[C@H](CC)[C@@]1(C)O. The maximum absolute atomic E-state index is 14.5. The zero-order chi connectivity index (χ0) is 44.1. The number of rotatable bonds is 11. The highest BCUT2D eigenvalue weighted by molar-refractivity contribution is 5.81. The van der Waals surface area contributed by atoms with E-state index in [1.807, 2.05) is 53.6 Å². The minimum atomic E-state index is -1.86. The molecule has 3 saturated heterocycles. The molecule has 0 aromatic heterocycles. The Hall–Kier alpha value is -1.76. The predicted molar refractivity (Wildman–Crippen MR) is 217 cm³/mol. The number of ether oxygens (including phenoxy) is 7. The second-order valence-corrected chi connectivity index (χ2v) is 18.3. The molecule has 0 unspecified atom stereocenters. The minimum Gasteiger partial charge on any atom is -0.459 e. The molecule has 15 nitrogen and oxygen atoms in total. The molecule has 3 fully saturated rings. The van der Waals surface area contributed by atoms with Gasteiger partial charge in [0, 0.05) is 44.2 Å². The Morgan fingerprint density at radius 2 is 1.64 bits per heavy atom. The Bertz CT molecular complexity index is 1330. The van der Waals surface area contributed by atoms with Crippen molar-refractivity contribution in [2.75, 3.05) is 34.3 Å². The van der Waals surface area contributed by atoms with Crippen molar-refractivity contribution in [2.45, 2.75) is 199 Å². The number of methoxy groups -OCH3 is 1. The van der Waals surface area contributed by atoms with Gasteiger partial charge in [-0.05, 0) is 101 Å². The average Bonchev–Trinajstić information content (AvgIpc) is 3.14. The van der Waals surface area contributed by atoms with E-state index < -0.39 is 102 Å². The van der Waals surface area contributed by atoms with Crippen LogP contribution in [0.4, 0.5) is 0 Å². The van der Waals surface area contributed by atoms with Crippen LogP contribution in [0.3, 0.4) is 0 Å². The summed E-state index contributed by atoms with van der Waals surface area (Å²) >= 11 is 0. The largest absolute Gasteiger partial charge is 0.459 e. The fraction of sp³-hybridized carbons (Fsp3) is 0.907. The molecule has 0 saturated carbocycles. The van der Waals surface area contributed by atoms with Crippen LogP contribution >= 0.6 is 0 Å². The molecule has 4 N–H and O–H groups in total. The summed E-state index contributed by atoms with van der Waals surface area (Å²) in [4.78, 5) is 31.4. The van der Waals surface area contributed by atoms with Gasteiger partial charge >= 0.3 is 11.9 Å². The summed E-state index contributed by atoms with van der Waals surface area (Å²) in [5, 5.41) is 47.8. The molecule has 3 aliphatic heterocycles. The van der Waals surface area contributed by atoms with Crippen LogP contribution in [0.1, 0.15) is 108 Å². The van der Waals surface area contributed by atoms with Crippen LogP contribution in [0.2, 0.25) is 0 Å². The first-order chi connectivity index (χ1) is 26.9. The molecule has 3 heterocycles. The van der Waals surface area contributed by atoms with Gasteiger partial charge in [0.05, 0.1) is 41.5 Å². The molecule has 0 aromatic carbocycles. The van der Waals surface area contributed by atoms with Crippen LogP contribution in [0.25, 0.3) is 0 Å². The van der Waals surface area contributed by atoms with Crippen molar-refractivity contribution in [3.05, 3.63) is 12.7 Å². The zero-order valence-electron chi connectivity index (χ0n) is 37.8. The van der Waals surface area contributed by atoms with Crippen LogP contribution in [-0.2, 0) is 42.7 Å². The molecular weight excluding hydrogens is 752 g/mol. The normalized spacial score (nSPS) is 45.5. The molecule has 18 atom stereocenters. The number of carbonyl (C=O) groups excluding carboxylic acids is 2. The van der Waals surface area contributed by atoms with E-state index in [0.717, 1.165) is 12.5 Å². The lowest BCUT2D eigenvalue weighted by atomic mass is 9.77. The van der Waals surface area contributed by atoms with E-state index in [2.05, 4.69) is 11.5 Å². The standard InChI is InChI=1S/C43H78N2O13/c1-16-19-45-23-24(4)21-41(10,50)37(58-40-34(47)30(44(13)14)20-25(5)53-40)26(6)35(57-33-22-42(11,52-15)36(48)29(9)54-33)27(7)39(49)55-31(17-2)43(12,51)38(28(45)8)56-32(46)18-3/h18,24-31,33-38,40,47-48,50-51H,3,16-17,19-23H2,1-2,4-15H3/t24-,25-,26+,27-,28-,29+,30+,31-,33+,34-,35+,36+,37-,38-,40+,41+,42-,43-/m1/s1. The van der Waals surface area contributed by atoms with Crippen LogP contribution < -0.4 is 0 Å². The van der Waals surface area contributed by atoms with Crippen molar-refractivity contribution in [3.63, 3.8) is 0 Å². The monoisotopic (exact) mass is 831 g/mol. The molecule has 3 aliphatic rings. The molecule has 15 heteroatoms. The Morgan fingerprint density at radius 3 is 2.19 bits per heavy atom. The van der Waals surface area contributed by atoms with Crippen LogP contribution in [0.5, 0.6) is 0 Å². The molecule has 58 heavy (non-hydrogen) atoms. The van der Waals surface area contributed by atoms with Gasteiger partial charge in [0.2, 0.25) is 0 Å². The molecular formula is C43H78N2O13. The summed E-state index contributed by atoms with van der Waals surface area (Å²) in [5.41, 5.74) is -4.51. The van der Waals surface area contributed by atoms with E-state index in [4.69, 9.17) is 33.2 Å². The smallest absolute Gasteiger partial charge is 0.330 e. The molecule has 0 bridgehead atoms. The van der Waals surface area contributed by atoms with Crippen LogP contribution in [-0.4, -0.2) is 167 Å². The molecule has 0 aromatic rings. The Morgan fingerprint density at radius 1 is 1.00 bits per heavy atom. The number of hydrogen-bond acceptors (Lipinski definition) is 15. The van der Waals surface area contributed by atoms with Crippen molar-refractivity contribution in [3.8, 4) is 0 Å². The van der Waals surface area contributed by atoms with Gasteiger partial charge in [-0.1, -0.05) is 34.3 Å². The third-order valence-electron chi connectivity index (χ3n) is 12.9. The predicted octanol–water partition coefficient (Wildman–Crippen LogP) is 3.42. The first kappa shape index (κ1) is 50.6. The fourth-order valence-electron chi connectivity index (χ4n) is 9.56. The average molecular weight is 831 g/mol. The third kappa shape index (κ3) is 11.8. The maximum atomic E-state index is 14.5. The number of likely N-dealkylation sites (N-methyl/N-ethyl adjacent to an activating group) is 1. The van der Waals surface area contributed by atoms with Crippen molar-refractivity contribution in [1.82, 2.24) is 9.80 Å². The Labute approximate surface area is 347 Å². The van der Waals surface area contributed by atoms with Crippen molar-refractivity contribution in [2.24, 2.45) is 17.8 Å². The van der Waals surface area contributed by atoms with Crippen molar-refractivity contribution >= 4 is 11.9 Å². The van der Waals surface area contributed by atoms with E-state index in [1.165, 1.54) is 14.0 Å². The summed E-state index contributed by atoms with van der Waals surface area (Å²) in [6, 6.07) is -0.855. The molecule has 0 spiro atoms. The summed E-state index contributed by atoms with van der Waals surface area (Å²) in [6.07, 6.45) is -6.70. The quantitative estimate of drug-likeness (QED) is 0.175. The Balaban J connectivity index is 2.26. The first-order valence-corrected chi connectivity index (χ1v) is 21.3. The molecule has 0 aliphatic carbocycles. The maximum Gasteiger partial charge on any atom is 0.330 e. The van der Waals surface area contributed by atoms with Gasteiger partial charge in [-0.15, -0.1) is 0 Å². The fourth-order valence-corrected chi connectivity index (χ4v) is 9.56. The number of aliphatic hydroxyl groups is 4. The second kappa shape index (κ2) is 20.9.